The van der Waals surface area contributed by atoms with Gasteiger partial charge in [-0.05, 0) is 23.8 Å². The summed E-state index contributed by atoms with van der Waals surface area (Å²) < 4.78 is 13.0. The second-order valence-corrected chi connectivity index (χ2v) is 4.93. The molecule has 0 aliphatic heterocycles. The average Bonchev–Trinajstić information content (AvgIpc) is 2.73. The monoisotopic (exact) mass is 239 g/mol. The van der Waals surface area contributed by atoms with Crippen molar-refractivity contribution < 1.29 is 4.39 Å². The molecule has 0 fully saturated rings. The van der Waals surface area contributed by atoms with Crippen LogP contribution in [-0.2, 0) is 12.3 Å². The lowest BCUT2D eigenvalue weighted by atomic mass is 10.1. The fourth-order valence-corrected chi connectivity index (χ4v) is 3.08. The van der Waals surface area contributed by atoms with Crippen molar-refractivity contribution in [2.24, 2.45) is 0 Å². The fraction of sp³-hybridized carbons (Fsp3) is 0.182. The van der Waals surface area contributed by atoms with Crippen LogP contribution in [0.2, 0.25) is 0 Å². The molecule has 0 radical (unpaired) electrons. The molecule has 0 saturated carbocycles. The number of thiazole rings is 1. The van der Waals surface area contributed by atoms with E-state index in [1.807, 2.05) is 0 Å². The molecule has 0 N–H and O–H groups in total. The molecule has 0 atom stereocenters. The summed E-state index contributed by atoms with van der Waals surface area (Å²) in [5.74, 6) is 0.273. The lowest BCUT2D eigenvalue weighted by Gasteiger charge is -1.98. The van der Waals surface area contributed by atoms with Gasteiger partial charge in [0, 0.05) is 16.9 Å². The topological polar surface area (TPSA) is 12.9 Å². The molecule has 0 spiro atoms. The van der Waals surface area contributed by atoms with E-state index in [1.54, 1.807) is 23.5 Å². The Bertz CT molecular complexity index is 535. The van der Waals surface area contributed by atoms with Crippen LogP contribution in [0.15, 0.2) is 18.2 Å². The molecule has 1 aromatic carbocycles. The van der Waals surface area contributed by atoms with Crippen molar-refractivity contribution >= 4 is 22.9 Å². The summed E-state index contributed by atoms with van der Waals surface area (Å²) in [5, 5.41) is 0.941. The zero-order chi connectivity index (χ0) is 10.4. The zero-order valence-electron chi connectivity index (χ0n) is 7.76. The zero-order valence-corrected chi connectivity index (χ0v) is 9.33. The molecule has 1 aliphatic rings. The van der Waals surface area contributed by atoms with E-state index in [9.17, 15) is 4.39 Å². The number of alkyl halides is 1. The molecule has 2 aromatic rings. The third-order valence-electron chi connectivity index (χ3n) is 2.53. The van der Waals surface area contributed by atoms with Crippen molar-refractivity contribution in [2.75, 3.05) is 0 Å². The Morgan fingerprint density at radius 3 is 3.13 bits per heavy atom. The molecule has 0 bridgehead atoms. The van der Waals surface area contributed by atoms with Gasteiger partial charge in [0.1, 0.15) is 10.8 Å². The highest BCUT2D eigenvalue weighted by Crippen LogP contribution is 2.39. The predicted octanol–water partition coefficient (Wildman–Crippen LogP) is 3.59. The van der Waals surface area contributed by atoms with E-state index in [0.29, 0.717) is 5.88 Å². The second-order valence-electron chi connectivity index (χ2n) is 3.49. The van der Waals surface area contributed by atoms with Gasteiger partial charge in [0.15, 0.2) is 0 Å². The summed E-state index contributed by atoms with van der Waals surface area (Å²) >= 11 is 7.35. The van der Waals surface area contributed by atoms with E-state index in [2.05, 4.69) is 4.98 Å². The van der Waals surface area contributed by atoms with Crippen molar-refractivity contribution in [1.29, 1.82) is 0 Å². The van der Waals surface area contributed by atoms with Crippen molar-refractivity contribution in [3.8, 4) is 11.3 Å². The molecule has 0 saturated heterocycles. The maximum Gasteiger partial charge on any atom is 0.123 e. The molecule has 1 heterocycles. The summed E-state index contributed by atoms with van der Waals surface area (Å²) in [7, 11) is 0. The molecule has 1 aromatic heterocycles. The standard InChI is InChI=1S/C11H7ClFNS/c12-5-10-14-11-8-2-1-7(13)3-6(8)4-9(11)15-10/h1-3H,4-5H2. The number of halogens is 2. The maximum atomic E-state index is 13.0. The summed E-state index contributed by atoms with van der Waals surface area (Å²) in [6.45, 7) is 0. The van der Waals surface area contributed by atoms with Crippen LogP contribution in [0, 0.1) is 5.82 Å². The van der Waals surface area contributed by atoms with Crippen LogP contribution >= 0.6 is 22.9 Å². The van der Waals surface area contributed by atoms with Gasteiger partial charge in [-0.2, -0.15) is 0 Å². The Hall–Kier alpha value is -0.930. The predicted molar refractivity (Wildman–Crippen MR) is 59.9 cm³/mol. The summed E-state index contributed by atoms with van der Waals surface area (Å²) in [5.41, 5.74) is 3.08. The molecule has 4 heteroatoms. The van der Waals surface area contributed by atoms with Gasteiger partial charge in [0.25, 0.3) is 0 Å². The van der Waals surface area contributed by atoms with Gasteiger partial charge in [-0.15, -0.1) is 22.9 Å². The number of hydrogen-bond acceptors (Lipinski definition) is 2. The van der Waals surface area contributed by atoms with Gasteiger partial charge >= 0.3 is 0 Å². The van der Waals surface area contributed by atoms with Crippen LogP contribution < -0.4 is 0 Å². The van der Waals surface area contributed by atoms with Crippen molar-refractivity contribution in [2.45, 2.75) is 12.3 Å². The largest absolute Gasteiger partial charge is 0.240 e. The van der Waals surface area contributed by atoms with Gasteiger partial charge in [0.2, 0.25) is 0 Å². The van der Waals surface area contributed by atoms with E-state index in [1.165, 1.54) is 10.9 Å². The highest BCUT2D eigenvalue weighted by atomic mass is 35.5. The lowest BCUT2D eigenvalue weighted by Crippen LogP contribution is -1.84. The van der Waals surface area contributed by atoms with E-state index in [0.717, 1.165) is 28.2 Å². The SMILES string of the molecule is Fc1ccc2c(c1)Cc1sc(CCl)nc1-2. The van der Waals surface area contributed by atoms with Crippen LogP contribution in [0.5, 0.6) is 0 Å². The fourth-order valence-electron chi connectivity index (χ4n) is 1.90. The number of benzene rings is 1. The van der Waals surface area contributed by atoms with E-state index in [4.69, 9.17) is 11.6 Å². The minimum atomic E-state index is -0.179. The van der Waals surface area contributed by atoms with E-state index < -0.39 is 0 Å². The van der Waals surface area contributed by atoms with Crippen molar-refractivity contribution in [1.82, 2.24) is 4.98 Å². The molecule has 1 nitrogen and oxygen atoms in total. The average molecular weight is 240 g/mol. The summed E-state index contributed by atoms with van der Waals surface area (Å²) in [6, 6.07) is 4.87. The highest BCUT2D eigenvalue weighted by molar-refractivity contribution is 7.12. The van der Waals surface area contributed by atoms with Crippen LogP contribution in [0.4, 0.5) is 4.39 Å². The first kappa shape index (κ1) is 9.31. The summed E-state index contributed by atoms with van der Waals surface area (Å²) in [4.78, 5) is 5.64. The number of rotatable bonds is 1. The second kappa shape index (κ2) is 3.29. The van der Waals surface area contributed by atoms with Crippen LogP contribution in [-0.4, -0.2) is 4.98 Å². The first-order valence-electron chi connectivity index (χ1n) is 4.61. The van der Waals surface area contributed by atoms with Gasteiger partial charge in [-0.1, -0.05) is 0 Å². The number of hydrogen-bond donors (Lipinski definition) is 0. The number of aromatic nitrogens is 1. The third-order valence-corrected chi connectivity index (χ3v) is 4.00. The molecule has 76 valence electrons. The number of fused-ring (bicyclic) bond motifs is 3. The minimum Gasteiger partial charge on any atom is -0.240 e. The van der Waals surface area contributed by atoms with Crippen LogP contribution in [0.25, 0.3) is 11.3 Å². The number of nitrogens with zero attached hydrogens (tertiary/aromatic N) is 1. The van der Waals surface area contributed by atoms with Gasteiger partial charge < -0.3 is 0 Å². The quantitative estimate of drug-likeness (QED) is 0.592. The molecule has 15 heavy (non-hydrogen) atoms. The van der Waals surface area contributed by atoms with E-state index in [-0.39, 0.29) is 5.82 Å². The Labute approximate surface area is 95.5 Å². The molecule has 1 aliphatic carbocycles. The third kappa shape index (κ3) is 1.38. The Morgan fingerprint density at radius 1 is 1.47 bits per heavy atom. The molecule has 0 unspecified atom stereocenters. The summed E-state index contributed by atoms with van der Waals surface area (Å²) in [6.07, 6.45) is 0.789. The lowest BCUT2D eigenvalue weighted by molar-refractivity contribution is 0.626. The van der Waals surface area contributed by atoms with Crippen LogP contribution in [0.3, 0.4) is 0 Å². The molecular formula is C11H7ClFNS. The first-order valence-corrected chi connectivity index (χ1v) is 5.96. The Morgan fingerprint density at radius 2 is 2.33 bits per heavy atom. The molecule has 3 rings (SSSR count). The normalized spacial score (nSPS) is 12.7. The maximum absolute atomic E-state index is 13.0. The van der Waals surface area contributed by atoms with Crippen LogP contribution in [0.1, 0.15) is 15.4 Å². The van der Waals surface area contributed by atoms with Gasteiger partial charge in [-0.3, -0.25) is 0 Å². The Balaban J connectivity index is 2.17. The van der Waals surface area contributed by atoms with Crippen molar-refractivity contribution in [3.63, 3.8) is 0 Å². The molecular weight excluding hydrogens is 233 g/mol. The minimum absolute atomic E-state index is 0.179. The highest BCUT2D eigenvalue weighted by Gasteiger charge is 2.23. The smallest absolute Gasteiger partial charge is 0.123 e. The van der Waals surface area contributed by atoms with E-state index >= 15 is 0 Å². The first-order chi connectivity index (χ1) is 7.28. The van der Waals surface area contributed by atoms with Crippen molar-refractivity contribution in [3.05, 3.63) is 39.5 Å². The van der Waals surface area contributed by atoms with Gasteiger partial charge in [-0.25, -0.2) is 9.37 Å². The Kier molecular flexibility index (Phi) is 2.04. The van der Waals surface area contributed by atoms with Gasteiger partial charge in [0.05, 0.1) is 11.6 Å². The molecule has 0 amide bonds.